The topological polar surface area (TPSA) is 67.4 Å². The van der Waals surface area contributed by atoms with Crippen molar-refractivity contribution in [2.45, 2.75) is 51.0 Å². The number of ether oxygens (including phenoxy) is 1. The van der Waals surface area contributed by atoms with E-state index in [1.807, 2.05) is 12.1 Å². The molecule has 0 unspecified atom stereocenters. The first kappa shape index (κ1) is 20.5. The lowest BCUT2D eigenvalue weighted by molar-refractivity contribution is -0.115. The van der Waals surface area contributed by atoms with Crippen LogP contribution in [-0.2, 0) is 4.79 Å². The van der Waals surface area contributed by atoms with Crippen molar-refractivity contribution >= 4 is 35.2 Å². The van der Waals surface area contributed by atoms with Gasteiger partial charge in [-0.1, -0.05) is 55.8 Å². The standard InChI is InChI=1S/C24H25ClN2O3/c25-18-8-6-7-16(13-18)14-22-24(29)27-20-15-17(11-12-21(20)30-22)23(28)26-19-9-4-2-1-3-5-10-19/h6-8,11-15,19H,1-5,9-10H2,(H,26,28)(H,27,29)/b22-14-. The summed E-state index contributed by atoms with van der Waals surface area (Å²) in [4.78, 5) is 25.2. The molecule has 0 radical (unpaired) electrons. The van der Waals surface area contributed by atoms with E-state index in [2.05, 4.69) is 10.6 Å². The summed E-state index contributed by atoms with van der Waals surface area (Å²) in [6.07, 6.45) is 9.75. The molecule has 2 aromatic carbocycles. The van der Waals surface area contributed by atoms with Crippen molar-refractivity contribution in [3.8, 4) is 5.75 Å². The van der Waals surface area contributed by atoms with Crippen LogP contribution in [0.25, 0.3) is 6.08 Å². The number of halogens is 1. The van der Waals surface area contributed by atoms with Crippen LogP contribution in [-0.4, -0.2) is 17.9 Å². The Kier molecular flexibility index (Phi) is 6.38. The Morgan fingerprint density at radius 1 is 1.07 bits per heavy atom. The van der Waals surface area contributed by atoms with E-state index in [0.29, 0.717) is 22.0 Å². The molecule has 156 valence electrons. The Labute approximate surface area is 181 Å². The molecule has 0 spiro atoms. The lowest BCUT2D eigenvalue weighted by Crippen LogP contribution is -2.35. The number of benzene rings is 2. The fourth-order valence-corrected chi connectivity index (χ4v) is 4.12. The van der Waals surface area contributed by atoms with Crippen LogP contribution >= 0.6 is 11.6 Å². The van der Waals surface area contributed by atoms with E-state index in [1.54, 1.807) is 36.4 Å². The number of amides is 2. The highest BCUT2D eigenvalue weighted by Gasteiger charge is 2.24. The average molecular weight is 425 g/mol. The van der Waals surface area contributed by atoms with Crippen molar-refractivity contribution in [1.82, 2.24) is 5.32 Å². The number of nitrogens with one attached hydrogen (secondary N) is 2. The van der Waals surface area contributed by atoms with Crippen molar-refractivity contribution < 1.29 is 14.3 Å². The van der Waals surface area contributed by atoms with Crippen molar-refractivity contribution in [2.24, 2.45) is 0 Å². The SMILES string of the molecule is O=C1Nc2cc(C(=O)NC3CCCCCCC3)ccc2O/C1=C\c1cccc(Cl)c1. The van der Waals surface area contributed by atoms with Crippen molar-refractivity contribution in [3.05, 3.63) is 64.4 Å². The summed E-state index contributed by atoms with van der Waals surface area (Å²) in [7, 11) is 0. The van der Waals surface area contributed by atoms with E-state index in [9.17, 15) is 9.59 Å². The van der Waals surface area contributed by atoms with Gasteiger partial charge in [-0.05, 0) is 54.8 Å². The maximum absolute atomic E-state index is 12.7. The molecule has 0 aromatic heterocycles. The Bertz CT molecular complexity index is 978. The van der Waals surface area contributed by atoms with Gasteiger partial charge in [-0.15, -0.1) is 0 Å². The highest BCUT2D eigenvalue weighted by Crippen LogP contribution is 2.32. The minimum absolute atomic E-state index is 0.113. The third-order valence-electron chi connectivity index (χ3n) is 5.52. The molecule has 5 nitrogen and oxygen atoms in total. The van der Waals surface area contributed by atoms with Gasteiger partial charge < -0.3 is 15.4 Å². The monoisotopic (exact) mass is 424 g/mol. The molecule has 6 heteroatoms. The van der Waals surface area contributed by atoms with Crippen LogP contribution in [0.3, 0.4) is 0 Å². The zero-order valence-electron chi connectivity index (χ0n) is 16.7. The highest BCUT2D eigenvalue weighted by molar-refractivity contribution is 6.30. The van der Waals surface area contributed by atoms with Gasteiger partial charge in [0.05, 0.1) is 5.69 Å². The molecule has 1 aliphatic heterocycles. The number of carbonyl (C=O) groups is 2. The van der Waals surface area contributed by atoms with Gasteiger partial charge in [0, 0.05) is 16.6 Å². The van der Waals surface area contributed by atoms with Gasteiger partial charge in [-0.2, -0.15) is 0 Å². The predicted octanol–water partition coefficient (Wildman–Crippen LogP) is 5.55. The molecule has 1 heterocycles. The predicted molar refractivity (Wildman–Crippen MR) is 119 cm³/mol. The zero-order valence-corrected chi connectivity index (χ0v) is 17.5. The summed E-state index contributed by atoms with van der Waals surface area (Å²) in [6, 6.07) is 12.5. The summed E-state index contributed by atoms with van der Waals surface area (Å²) in [5.41, 5.74) is 1.78. The second kappa shape index (κ2) is 9.35. The van der Waals surface area contributed by atoms with E-state index in [4.69, 9.17) is 16.3 Å². The number of carbonyl (C=O) groups excluding carboxylic acids is 2. The third kappa shape index (κ3) is 5.03. The Morgan fingerprint density at radius 3 is 2.60 bits per heavy atom. The molecular formula is C24H25ClN2O3. The van der Waals surface area contributed by atoms with Crippen molar-refractivity contribution in [2.75, 3.05) is 5.32 Å². The molecule has 1 saturated carbocycles. The summed E-state index contributed by atoms with van der Waals surface area (Å²) in [5, 5.41) is 6.55. The van der Waals surface area contributed by atoms with E-state index in [-0.39, 0.29) is 23.6 Å². The van der Waals surface area contributed by atoms with Gasteiger partial charge in [-0.3, -0.25) is 9.59 Å². The van der Waals surface area contributed by atoms with Crippen molar-refractivity contribution in [3.63, 3.8) is 0 Å². The molecule has 0 saturated heterocycles. The highest BCUT2D eigenvalue weighted by atomic mass is 35.5. The molecule has 30 heavy (non-hydrogen) atoms. The Hall–Kier alpha value is -2.79. The number of hydrogen-bond donors (Lipinski definition) is 2. The van der Waals surface area contributed by atoms with E-state index >= 15 is 0 Å². The van der Waals surface area contributed by atoms with Gasteiger partial charge in [0.2, 0.25) is 0 Å². The van der Waals surface area contributed by atoms with Crippen LogP contribution < -0.4 is 15.4 Å². The minimum Gasteiger partial charge on any atom is -0.449 e. The number of hydrogen-bond acceptors (Lipinski definition) is 3. The molecule has 4 rings (SSSR count). The Balaban J connectivity index is 1.47. The maximum Gasteiger partial charge on any atom is 0.291 e. The fourth-order valence-electron chi connectivity index (χ4n) is 3.92. The summed E-state index contributed by atoms with van der Waals surface area (Å²) in [6.45, 7) is 0. The van der Waals surface area contributed by atoms with Crippen LogP contribution in [0.5, 0.6) is 5.75 Å². The second-order valence-electron chi connectivity index (χ2n) is 7.85. The molecule has 2 aliphatic rings. The molecule has 0 atom stereocenters. The summed E-state index contributed by atoms with van der Waals surface area (Å²) < 4.78 is 5.78. The molecule has 2 N–H and O–H groups in total. The van der Waals surface area contributed by atoms with Gasteiger partial charge in [0.15, 0.2) is 11.5 Å². The second-order valence-corrected chi connectivity index (χ2v) is 8.28. The van der Waals surface area contributed by atoms with Crippen LogP contribution in [0.4, 0.5) is 5.69 Å². The lowest BCUT2D eigenvalue weighted by Gasteiger charge is -2.23. The normalized spacial score (nSPS) is 18.6. The van der Waals surface area contributed by atoms with E-state index in [1.165, 1.54) is 19.3 Å². The summed E-state index contributed by atoms with van der Waals surface area (Å²) >= 11 is 6.01. The van der Waals surface area contributed by atoms with Crippen LogP contribution in [0.15, 0.2) is 48.2 Å². The zero-order chi connectivity index (χ0) is 20.9. The molecule has 1 fully saturated rings. The maximum atomic E-state index is 12.7. The number of fused-ring (bicyclic) bond motifs is 1. The molecular weight excluding hydrogens is 400 g/mol. The van der Waals surface area contributed by atoms with Gasteiger partial charge in [0.1, 0.15) is 0 Å². The smallest absolute Gasteiger partial charge is 0.291 e. The first-order chi connectivity index (χ1) is 14.6. The van der Waals surface area contributed by atoms with E-state index in [0.717, 1.165) is 31.2 Å². The molecule has 2 amide bonds. The first-order valence-corrected chi connectivity index (χ1v) is 10.9. The molecule has 0 bridgehead atoms. The van der Waals surface area contributed by atoms with Gasteiger partial charge in [0.25, 0.3) is 11.8 Å². The average Bonchev–Trinajstić information content (AvgIpc) is 2.70. The van der Waals surface area contributed by atoms with Crippen molar-refractivity contribution in [1.29, 1.82) is 0 Å². The minimum atomic E-state index is -0.361. The van der Waals surface area contributed by atoms with Crippen LogP contribution in [0, 0.1) is 0 Å². The van der Waals surface area contributed by atoms with Gasteiger partial charge in [-0.25, -0.2) is 0 Å². The lowest BCUT2D eigenvalue weighted by atomic mass is 9.96. The van der Waals surface area contributed by atoms with Crippen LogP contribution in [0.2, 0.25) is 5.02 Å². The number of anilines is 1. The largest absolute Gasteiger partial charge is 0.449 e. The van der Waals surface area contributed by atoms with E-state index < -0.39 is 0 Å². The van der Waals surface area contributed by atoms with Gasteiger partial charge >= 0.3 is 0 Å². The molecule has 2 aromatic rings. The quantitative estimate of drug-likeness (QED) is 0.634. The molecule has 1 aliphatic carbocycles. The first-order valence-electron chi connectivity index (χ1n) is 10.5. The number of rotatable bonds is 3. The fraction of sp³-hybridized carbons (Fsp3) is 0.333. The summed E-state index contributed by atoms with van der Waals surface area (Å²) in [5.74, 6) is 0.208. The Morgan fingerprint density at radius 2 is 1.83 bits per heavy atom. The third-order valence-corrected chi connectivity index (χ3v) is 5.76. The van der Waals surface area contributed by atoms with Crippen LogP contribution in [0.1, 0.15) is 60.9 Å².